The first-order chi connectivity index (χ1) is 9.13. The van der Waals surface area contributed by atoms with Gasteiger partial charge in [0.15, 0.2) is 0 Å². The number of hydrogen-bond donors (Lipinski definition) is 1. The lowest BCUT2D eigenvalue weighted by Crippen LogP contribution is -2.28. The number of hydrogen-bond acceptors (Lipinski definition) is 4. The van der Waals surface area contributed by atoms with Crippen LogP contribution in [0.2, 0.25) is 0 Å². The van der Waals surface area contributed by atoms with Crippen LogP contribution in [-0.2, 0) is 4.74 Å². The first kappa shape index (κ1) is 15.5. The van der Waals surface area contributed by atoms with Gasteiger partial charge in [-0.2, -0.15) is 5.26 Å². The lowest BCUT2D eigenvalue weighted by Gasteiger charge is -2.26. The van der Waals surface area contributed by atoms with Crippen LogP contribution >= 0.6 is 0 Å². The zero-order chi connectivity index (χ0) is 14.3. The molecule has 0 bridgehead atoms. The fourth-order valence-corrected chi connectivity index (χ4v) is 2.01. The van der Waals surface area contributed by atoms with Gasteiger partial charge in [0.25, 0.3) is 0 Å². The van der Waals surface area contributed by atoms with Gasteiger partial charge >= 0.3 is 0 Å². The van der Waals surface area contributed by atoms with E-state index < -0.39 is 6.10 Å². The van der Waals surface area contributed by atoms with Gasteiger partial charge in [0, 0.05) is 30.9 Å². The van der Waals surface area contributed by atoms with Crippen molar-refractivity contribution in [3.8, 4) is 6.07 Å². The number of aliphatic hydroxyl groups excluding tert-OH is 1. The third-order valence-corrected chi connectivity index (χ3v) is 3.04. The summed E-state index contributed by atoms with van der Waals surface area (Å²) in [6.07, 6.45) is -0.552. The number of aliphatic hydroxyl groups is 1. The normalized spacial score (nSPS) is 11.9. The van der Waals surface area contributed by atoms with Gasteiger partial charge in [-0.05, 0) is 32.9 Å². The van der Waals surface area contributed by atoms with E-state index in [9.17, 15) is 5.11 Å². The van der Waals surface area contributed by atoms with Crippen LogP contribution in [0.25, 0.3) is 0 Å². The molecule has 4 heteroatoms. The van der Waals surface area contributed by atoms with E-state index >= 15 is 0 Å². The zero-order valence-electron chi connectivity index (χ0n) is 11.9. The Morgan fingerprint density at radius 3 is 2.68 bits per heavy atom. The molecule has 1 unspecified atom stereocenters. The van der Waals surface area contributed by atoms with Gasteiger partial charge in [0.2, 0.25) is 0 Å². The van der Waals surface area contributed by atoms with E-state index in [1.807, 2.05) is 19.1 Å². The fourth-order valence-electron chi connectivity index (χ4n) is 2.01. The molecule has 0 aliphatic carbocycles. The van der Waals surface area contributed by atoms with Gasteiger partial charge < -0.3 is 14.7 Å². The summed E-state index contributed by atoms with van der Waals surface area (Å²) in [5, 5.41) is 18.8. The molecule has 0 saturated heterocycles. The summed E-state index contributed by atoms with van der Waals surface area (Å²) in [5.41, 5.74) is 2.36. The summed E-state index contributed by atoms with van der Waals surface area (Å²) in [6.45, 7) is 8.64. The van der Waals surface area contributed by atoms with Gasteiger partial charge in [-0.25, -0.2) is 0 Å². The van der Waals surface area contributed by atoms with E-state index in [1.165, 1.54) is 0 Å². The van der Waals surface area contributed by atoms with Crippen LogP contribution in [0.3, 0.4) is 0 Å². The minimum absolute atomic E-state index is 0.552. The van der Waals surface area contributed by atoms with Crippen LogP contribution in [0, 0.1) is 11.3 Å². The highest BCUT2D eigenvalue weighted by Crippen LogP contribution is 2.27. The molecule has 0 aliphatic rings. The monoisotopic (exact) mass is 262 g/mol. The molecule has 0 aliphatic heterocycles. The van der Waals surface area contributed by atoms with Crippen molar-refractivity contribution in [3.63, 3.8) is 0 Å². The molecular weight excluding hydrogens is 240 g/mol. The lowest BCUT2D eigenvalue weighted by atomic mass is 10.0. The topological polar surface area (TPSA) is 56.5 Å². The number of benzene rings is 1. The Morgan fingerprint density at radius 1 is 1.42 bits per heavy atom. The van der Waals surface area contributed by atoms with E-state index in [1.54, 1.807) is 13.0 Å². The summed E-state index contributed by atoms with van der Waals surface area (Å²) in [6, 6.07) is 7.53. The summed E-state index contributed by atoms with van der Waals surface area (Å²) < 4.78 is 5.38. The molecule has 1 aromatic carbocycles. The molecule has 0 amide bonds. The predicted molar refractivity (Wildman–Crippen MR) is 76.2 cm³/mol. The summed E-state index contributed by atoms with van der Waals surface area (Å²) in [4.78, 5) is 2.12. The number of likely N-dealkylation sites (N-methyl/N-ethyl adjacent to an activating group) is 1. The van der Waals surface area contributed by atoms with Crippen LogP contribution in [0.15, 0.2) is 18.2 Å². The maximum Gasteiger partial charge on any atom is 0.0992 e. The summed E-state index contributed by atoms with van der Waals surface area (Å²) >= 11 is 0. The minimum Gasteiger partial charge on any atom is -0.389 e. The van der Waals surface area contributed by atoms with Crippen molar-refractivity contribution in [2.24, 2.45) is 0 Å². The second-order valence-electron chi connectivity index (χ2n) is 4.34. The molecule has 1 N–H and O–H groups in total. The van der Waals surface area contributed by atoms with Gasteiger partial charge in [0.05, 0.1) is 24.3 Å². The first-order valence-corrected chi connectivity index (χ1v) is 6.68. The van der Waals surface area contributed by atoms with Crippen molar-refractivity contribution >= 4 is 5.69 Å². The Kier molecular flexibility index (Phi) is 6.34. The molecule has 0 spiro atoms. The predicted octanol–water partition coefficient (Wildman–Crippen LogP) is 2.47. The zero-order valence-corrected chi connectivity index (χ0v) is 11.9. The van der Waals surface area contributed by atoms with Crippen LogP contribution in [0.4, 0.5) is 5.69 Å². The van der Waals surface area contributed by atoms with E-state index in [4.69, 9.17) is 10.00 Å². The van der Waals surface area contributed by atoms with E-state index in [-0.39, 0.29) is 0 Å². The fraction of sp³-hybridized carbons (Fsp3) is 0.533. The number of rotatable bonds is 7. The van der Waals surface area contributed by atoms with Gasteiger partial charge in [-0.3, -0.25) is 0 Å². The maximum absolute atomic E-state index is 9.84. The van der Waals surface area contributed by atoms with Gasteiger partial charge in [-0.1, -0.05) is 6.07 Å². The molecule has 0 radical (unpaired) electrons. The summed E-state index contributed by atoms with van der Waals surface area (Å²) in [7, 11) is 0. The molecule has 1 rings (SSSR count). The van der Waals surface area contributed by atoms with Crippen LogP contribution in [0.1, 0.15) is 38.0 Å². The van der Waals surface area contributed by atoms with Crippen molar-refractivity contribution in [3.05, 3.63) is 29.3 Å². The average molecular weight is 262 g/mol. The Bertz CT molecular complexity index is 438. The molecule has 1 atom stereocenters. The van der Waals surface area contributed by atoms with Crippen molar-refractivity contribution < 1.29 is 9.84 Å². The SMILES string of the molecule is CCOCCN(CC)c1cc(C#N)ccc1C(C)O. The van der Waals surface area contributed by atoms with Gasteiger partial charge in [0.1, 0.15) is 0 Å². The molecule has 0 saturated carbocycles. The molecule has 0 heterocycles. The third-order valence-electron chi connectivity index (χ3n) is 3.04. The highest BCUT2D eigenvalue weighted by molar-refractivity contribution is 5.58. The summed E-state index contributed by atoms with van der Waals surface area (Å²) in [5.74, 6) is 0. The molecule has 4 nitrogen and oxygen atoms in total. The molecule has 104 valence electrons. The molecule has 0 fully saturated rings. The quantitative estimate of drug-likeness (QED) is 0.767. The number of ether oxygens (including phenoxy) is 1. The Labute approximate surface area is 115 Å². The largest absolute Gasteiger partial charge is 0.389 e. The Hall–Kier alpha value is -1.57. The highest BCUT2D eigenvalue weighted by atomic mass is 16.5. The van der Waals surface area contributed by atoms with Crippen molar-refractivity contribution in [2.45, 2.75) is 26.9 Å². The van der Waals surface area contributed by atoms with E-state index in [0.717, 1.165) is 24.3 Å². The smallest absolute Gasteiger partial charge is 0.0992 e. The lowest BCUT2D eigenvalue weighted by molar-refractivity contribution is 0.153. The van der Waals surface area contributed by atoms with Crippen LogP contribution in [0.5, 0.6) is 0 Å². The molecule has 0 aromatic heterocycles. The molecular formula is C15H22N2O2. The highest BCUT2D eigenvalue weighted by Gasteiger charge is 2.14. The average Bonchev–Trinajstić information content (AvgIpc) is 2.43. The Balaban J connectivity index is 3.02. The van der Waals surface area contributed by atoms with Crippen molar-refractivity contribution in [1.29, 1.82) is 5.26 Å². The van der Waals surface area contributed by atoms with Gasteiger partial charge in [-0.15, -0.1) is 0 Å². The third kappa shape index (κ3) is 4.23. The van der Waals surface area contributed by atoms with Crippen molar-refractivity contribution in [1.82, 2.24) is 0 Å². The standard InChI is InChI=1S/C15H22N2O2/c1-4-17(8-9-19-5-2)15-10-13(11-16)6-7-14(15)12(3)18/h6-7,10,12,18H,4-5,8-9H2,1-3H3. The van der Waals surface area contributed by atoms with Crippen LogP contribution < -0.4 is 4.90 Å². The first-order valence-electron chi connectivity index (χ1n) is 6.68. The second kappa shape index (κ2) is 7.78. The molecule has 1 aromatic rings. The second-order valence-corrected chi connectivity index (χ2v) is 4.34. The maximum atomic E-state index is 9.84. The number of nitrogens with zero attached hydrogens (tertiary/aromatic N) is 2. The van der Waals surface area contributed by atoms with E-state index in [2.05, 4.69) is 17.9 Å². The minimum atomic E-state index is -0.552. The number of nitriles is 1. The van der Waals surface area contributed by atoms with Crippen LogP contribution in [-0.4, -0.2) is 31.4 Å². The Morgan fingerprint density at radius 2 is 2.16 bits per heavy atom. The molecule has 19 heavy (non-hydrogen) atoms. The van der Waals surface area contributed by atoms with E-state index in [0.29, 0.717) is 18.8 Å². The number of anilines is 1. The van der Waals surface area contributed by atoms with Crippen molar-refractivity contribution in [2.75, 3.05) is 31.2 Å².